The van der Waals surface area contributed by atoms with Gasteiger partial charge in [0.15, 0.2) is 12.2 Å². The summed E-state index contributed by atoms with van der Waals surface area (Å²) in [6.45, 7) is -1.35. The first-order valence-electron chi connectivity index (χ1n) is 11.3. The number of benzene rings is 1. The lowest BCUT2D eigenvalue weighted by atomic mass is 9.52. The number of carboxylic acid groups (broad SMARTS) is 2. The molecule has 1 aliphatic heterocycles. The second kappa shape index (κ2) is 8.30. The number of carbonyl (C=O) groups is 2. The smallest absolute Gasteiger partial charge is 0.335 e. The van der Waals surface area contributed by atoms with Crippen molar-refractivity contribution in [1.82, 2.24) is 4.90 Å². The van der Waals surface area contributed by atoms with Gasteiger partial charge in [0.25, 0.3) is 0 Å². The Morgan fingerprint density at radius 3 is 2.48 bits per heavy atom. The average Bonchev–Trinajstić information content (AvgIpc) is 2.72. The summed E-state index contributed by atoms with van der Waals surface area (Å²) in [6, 6.07) is 5.83. The third kappa shape index (κ3) is 3.97. The Labute approximate surface area is 173 Å². The number of rotatable bonds is 3. The Balaban J connectivity index is 0.000000247. The SMILES string of the molecule is O=C(O)[C@@H](O)[C@H](O)C(=O)O.[2H]C([2H])([2H])N1CC[C@@]23CCCC[C@@H]2[C@@H]1Cc1ccc(O)cc13. The number of aliphatic carboxylic acids is 2. The molecule has 4 rings (SSSR count). The van der Waals surface area contributed by atoms with Crippen LogP contribution in [0.4, 0.5) is 0 Å². The number of hydrogen-bond donors (Lipinski definition) is 5. The summed E-state index contributed by atoms with van der Waals surface area (Å²) < 4.78 is 23.7. The minimum absolute atomic E-state index is 0.0942. The summed E-state index contributed by atoms with van der Waals surface area (Å²) in [6.07, 6.45) is 1.85. The van der Waals surface area contributed by atoms with Gasteiger partial charge in [0, 0.05) is 15.6 Å². The molecule has 8 heteroatoms. The van der Waals surface area contributed by atoms with Gasteiger partial charge >= 0.3 is 11.9 Å². The molecule has 1 saturated heterocycles. The minimum Gasteiger partial charge on any atom is -0.508 e. The third-order valence-corrected chi connectivity index (χ3v) is 6.63. The molecule has 160 valence electrons. The summed E-state index contributed by atoms with van der Waals surface area (Å²) >= 11 is 0. The highest BCUT2D eigenvalue weighted by atomic mass is 16.4. The molecule has 29 heavy (non-hydrogen) atoms. The number of likely N-dealkylation sites (tertiary alicyclic amines) is 1. The topological polar surface area (TPSA) is 139 Å². The lowest BCUT2D eigenvalue weighted by Crippen LogP contribution is -2.59. The maximum absolute atomic E-state index is 9.95. The molecule has 8 nitrogen and oxygen atoms in total. The van der Waals surface area contributed by atoms with Crippen molar-refractivity contribution in [3.63, 3.8) is 0 Å². The van der Waals surface area contributed by atoms with Crippen LogP contribution in [0.5, 0.6) is 5.75 Å². The van der Waals surface area contributed by atoms with Crippen molar-refractivity contribution in [3.8, 4) is 5.75 Å². The number of piperidine rings is 1. The molecule has 0 unspecified atom stereocenters. The molecule has 5 atom stereocenters. The van der Waals surface area contributed by atoms with E-state index in [0.29, 0.717) is 18.2 Å². The van der Waals surface area contributed by atoms with Crippen molar-refractivity contribution in [1.29, 1.82) is 0 Å². The van der Waals surface area contributed by atoms with Crippen LogP contribution in [0.1, 0.15) is 47.3 Å². The first-order chi connectivity index (χ1) is 14.9. The van der Waals surface area contributed by atoms with Gasteiger partial charge in [0.1, 0.15) is 5.75 Å². The first kappa shape index (κ1) is 17.7. The minimum atomic E-state index is -2.27. The van der Waals surface area contributed by atoms with E-state index < -0.39 is 31.1 Å². The normalized spacial score (nSPS) is 32.0. The molecule has 1 saturated carbocycles. The fourth-order valence-corrected chi connectivity index (χ4v) is 5.26. The van der Waals surface area contributed by atoms with Crippen LogP contribution < -0.4 is 0 Å². The van der Waals surface area contributed by atoms with E-state index in [4.69, 9.17) is 24.5 Å². The zero-order valence-corrected chi connectivity index (χ0v) is 16.0. The zero-order valence-electron chi connectivity index (χ0n) is 19.0. The van der Waals surface area contributed by atoms with Gasteiger partial charge in [-0.15, -0.1) is 0 Å². The Bertz CT molecular complexity index is 859. The van der Waals surface area contributed by atoms with E-state index in [0.717, 1.165) is 25.7 Å². The zero-order chi connectivity index (χ0) is 23.8. The van der Waals surface area contributed by atoms with Crippen LogP contribution in [0.2, 0.25) is 0 Å². The van der Waals surface area contributed by atoms with Gasteiger partial charge in [-0.1, -0.05) is 18.9 Å². The highest BCUT2D eigenvalue weighted by molar-refractivity contribution is 5.83. The Kier molecular flexibility index (Phi) is 5.06. The molecule has 2 aliphatic carbocycles. The van der Waals surface area contributed by atoms with Crippen LogP contribution in [0, 0.1) is 5.92 Å². The first-order valence-corrected chi connectivity index (χ1v) is 9.79. The monoisotopic (exact) mass is 410 g/mol. The predicted molar refractivity (Wildman–Crippen MR) is 104 cm³/mol. The largest absolute Gasteiger partial charge is 0.508 e. The highest BCUT2D eigenvalue weighted by Crippen LogP contribution is 2.55. The number of phenolic OH excluding ortho intramolecular Hbond substituents is 1. The van der Waals surface area contributed by atoms with Crippen molar-refractivity contribution in [2.45, 2.75) is 62.2 Å². The van der Waals surface area contributed by atoms with Crippen molar-refractivity contribution in [3.05, 3.63) is 29.3 Å². The van der Waals surface area contributed by atoms with Crippen LogP contribution in [-0.4, -0.2) is 74.1 Å². The Morgan fingerprint density at radius 2 is 1.86 bits per heavy atom. The summed E-state index contributed by atoms with van der Waals surface area (Å²) in [7, 11) is 0. The quantitative estimate of drug-likeness (QED) is 0.497. The fraction of sp³-hybridized carbons (Fsp3) is 0.619. The molecular weight excluding hydrogens is 378 g/mol. The van der Waals surface area contributed by atoms with Gasteiger partial charge in [-0.2, -0.15) is 0 Å². The molecule has 0 amide bonds. The van der Waals surface area contributed by atoms with Crippen LogP contribution in [-0.2, 0) is 21.4 Å². The van der Waals surface area contributed by atoms with Crippen molar-refractivity contribution in [2.75, 3.05) is 13.5 Å². The molecule has 0 radical (unpaired) electrons. The number of aliphatic hydroxyl groups excluding tert-OH is 2. The average molecular weight is 410 g/mol. The maximum Gasteiger partial charge on any atom is 0.335 e. The van der Waals surface area contributed by atoms with Crippen LogP contribution in [0.25, 0.3) is 0 Å². The van der Waals surface area contributed by atoms with E-state index in [2.05, 4.69) is 0 Å². The molecule has 2 fully saturated rings. The molecular formula is C21H29NO7. The standard InChI is InChI=1S/C17H23NO.C4H6O6/c1-18-9-8-17-7-3-2-4-14(17)16(18)10-12-5-6-13(19)11-15(12)17;5-1(3(7)8)2(6)4(9)10/h5-6,11,14,16,19H,2-4,7-10H2,1H3;1-2,5-6H,(H,7,8)(H,9,10)/t14-,16+,17+;1-,2-/m10/s1/i1D3;. The van der Waals surface area contributed by atoms with Gasteiger partial charge in [0.05, 0.1) is 0 Å². The van der Waals surface area contributed by atoms with Crippen LogP contribution in [0.15, 0.2) is 18.2 Å². The Morgan fingerprint density at radius 1 is 1.17 bits per heavy atom. The molecule has 2 bridgehead atoms. The summed E-state index contributed by atoms with van der Waals surface area (Å²) in [5.74, 6) is -2.77. The summed E-state index contributed by atoms with van der Waals surface area (Å²) in [4.78, 5) is 21.3. The van der Waals surface area contributed by atoms with E-state index in [-0.39, 0.29) is 11.5 Å². The molecule has 1 heterocycles. The van der Waals surface area contributed by atoms with Gasteiger partial charge < -0.3 is 30.4 Å². The number of aromatic hydroxyl groups is 1. The lowest BCUT2D eigenvalue weighted by Gasteiger charge is -2.58. The molecule has 0 aromatic heterocycles. The number of phenols is 1. The molecule has 1 aromatic carbocycles. The van der Waals surface area contributed by atoms with Gasteiger partial charge in [-0.3, -0.25) is 0 Å². The van der Waals surface area contributed by atoms with E-state index in [9.17, 15) is 14.7 Å². The maximum atomic E-state index is 9.95. The van der Waals surface area contributed by atoms with Gasteiger partial charge in [0.2, 0.25) is 0 Å². The third-order valence-electron chi connectivity index (χ3n) is 6.63. The Hall–Kier alpha value is -2.16. The number of fused-ring (bicyclic) bond motifs is 1. The van der Waals surface area contributed by atoms with E-state index >= 15 is 0 Å². The van der Waals surface area contributed by atoms with Crippen LogP contribution >= 0.6 is 0 Å². The fourth-order valence-electron chi connectivity index (χ4n) is 5.26. The number of aliphatic hydroxyl groups is 2. The number of hydrogen-bond acceptors (Lipinski definition) is 6. The number of likely N-dealkylation sites (N-methyl/N-ethyl adjacent to an activating group) is 1. The van der Waals surface area contributed by atoms with Crippen molar-refractivity contribution in [2.24, 2.45) is 5.92 Å². The number of carboxylic acids is 2. The summed E-state index contributed by atoms with van der Waals surface area (Å²) in [5, 5.41) is 42.5. The summed E-state index contributed by atoms with van der Waals surface area (Å²) in [5.41, 5.74) is 2.64. The van der Waals surface area contributed by atoms with Crippen molar-refractivity contribution < 1.29 is 39.2 Å². The van der Waals surface area contributed by atoms with E-state index in [1.54, 1.807) is 11.0 Å². The van der Waals surface area contributed by atoms with E-state index in [1.807, 2.05) is 12.1 Å². The predicted octanol–water partition coefficient (Wildman–Crippen LogP) is 0.958. The highest BCUT2D eigenvalue weighted by Gasteiger charge is 2.53. The van der Waals surface area contributed by atoms with Crippen molar-refractivity contribution >= 4 is 11.9 Å². The molecule has 0 spiro atoms. The van der Waals surface area contributed by atoms with E-state index in [1.165, 1.54) is 24.0 Å². The second-order valence-electron chi connectivity index (χ2n) is 8.13. The molecule has 1 aromatic rings. The number of nitrogens with zero attached hydrogens (tertiary/aromatic N) is 1. The molecule has 5 N–H and O–H groups in total. The molecule has 3 aliphatic rings. The van der Waals surface area contributed by atoms with Gasteiger partial charge in [-0.05, 0) is 68.4 Å². The lowest BCUT2D eigenvalue weighted by molar-refractivity contribution is -0.165. The van der Waals surface area contributed by atoms with Gasteiger partial charge in [-0.25, -0.2) is 9.59 Å². The second-order valence-corrected chi connectivity index (χ2v) is 8.13. The van der Waals surface area contributed by atoms with Crippen LogP contribution in [0.3, 0.4) is 0 Å².